The van der Waals surface area contributed by atoms with Crippen molar-refractivity contribution in [3.05, 3.63) is 57.6 Å². The molecule has 0 spiro atoms. The van der Waals surface area contributed by atoms with E-state index in [-0.39, 0.29) is 18.7 Å². The van der Waals surface area contributed by atoms with Crippen LogP contribution in [0.25, 0.3) is 0 Å². The molecule has 0 saturated carbocycles. The molecule has 0 aliphatic carbocycles. The number of carbonyl (C=O) groups excluding carboxylic acids is 1. The van der Waals surface area contributed by atoms with E-state index in [2.05, 4.69) is 18.0 Å². The van der Waals surface area contributed by atoms with Gasteiger partial charge in [-0.3, -0.25) is 14.7 Å². The van der Waals surface area contributed by atoms with Gasteiger partial charge < -0.3 is 15.2 Å². The second-order valence-electron chi connectivity index (χ2n) is 8.11. The van der Waals surface area contributed by atoms with Gasteiger partial charge in [-0.1, -0.05) is 6.07 Å². The van der Waals surface area contributed by atoms with E-state index in [0.717, 1.165) is 47.3 Å². The number of fused-ring (bicyclic) bond motifs is 1. The highest BCUT2D eigenvalue weighted by atomic mass is 16.5. The van der Waals surface area contributed by atoms with Crippen molar-refractivity contribution in [3.63, 3.8) is 0 Å². The molecule has 2 N–H and O–H groups in total. The Morgan fingerprint density at radius 3 is 2.83 bits per heavy atom. The Hall–Kier alpha value is -2.86. The van der Waals surface area contributed by atoms with Gasteiger partial charge >= 0.3 is 0 Å². The van der Waals surface area contributed by atoms with Crippen LogP contribution in [0.1, 0.15) is 51.0 Å². The smallest absolute Gasteiger partial charge is 0.260 e. The lowest BCUT2D eigenvalue weighted by atomic mass is 9.92. The molecule has 0 aromatic heterocycles. The van der Waals surface area contributed by atoms with Crippen molar-refractivity contribution < 1.29 is 14.3 Å². The summed E-state index contributed by atoms with van der Waals surface area (Å²) in [6, 6.07) is 8.07. The maximum atomic E-state index is 13.3. The molecule has 1 amide bonds. The lowest BCUT2D eigenvalue weighted by molar-refractivity contribution is -0.0101. The van der Waals surface area contributed by atoms with Crippen LogP contribution < -0.4 is 10.5 Å². The molecule has 2 heterocycles. The SMILES string of the molecule is CN=Cc1cc(Cc2cc3c(c(C)c2C)OCN(C2CCCOC2)C3=O)ccc1N. The van der Waals surface area contributed by atoms with Gasteiger partial charge in [-0.25, -0.2) is 0 Å². The summed E-state index contributed by atoms with van der Waals surface area (Å²) >= 11 is 0. The first-order chi connectivity index (χ1) is 14.5. The van der Waals surface area contributed by atoms with Crippen molar-refractivity contribution in [2.45, 2.75) is 39.2 Å². The van der Waals surface area contributed by atoms with Crippen LogP contribution in [0.15, 0.2) is 29.3 Å². The standard InChI is InChI=1S/C24H29N3O3/c1-15-16(2)23-21(24(28)27(14-30-23)20-5-4-8-29-13-20)11-18(15)9-17-6-7-22(25)19(10-17)12-26-3/h6-7,10-12,20H,4-5,8-9,13-14,25H2,1-3H3. The molecular formula is C24H29N3O3. The zero-order valence-electron chi connectivity index (χ0n) is 17.9. The van der Waals surface area contributed by atoms with E-state index in [4.69, 9.17) is 15.2 Å². The lowest BCUT2D eigenvalue weighted by Gasteiger charge is -2.37. The maximum absolute atomic E-state index is 13.3. The van der Waals surface area contributed by atoms with Crippen molar-refractivity contribution >= 4 is 17.8 Å². The van der Waals surface area contributed by atoms with Crippen LogP contribution in [0.4, 0.5) is 5.69 Å². The molecule has 2 aliphatic heterocycles. The first-order valence-corrected chi connectivity index (χ1v) is 10.4. The Kier molecular flexibility index (Phi) is 5.77. The van der Waals surface area contributed by atoms with Crippen LogP contribution in [-0.2, 0) is 11.2 Å². The van der Waals surface area contributed by atoms with Gasteiger partial charge in [-0.2, -0.15) is 0 Å². The predicted molar refractivity (Wildman–Crippen MR) is 119 cm³/mol. The van der Waals surface area contributed by atoms with Gasteiger partial charge in [0.25, 0.3) is 5.91 Å². The maximum Gasteiger partial charge on any atom is 0.260 e. The zero-order chi connectivity index (χ0) is 21.3. The number of nitrogens with zero attached hydrogens (tertiary/aromatic N) is 2. The van der Waals surface area contributed by atoms with E-state index in [0.29, 0.717) is 30.0 Å². The minimum absolute atomic E-state index is 0.0345. The van der Waals surface area contributed by atoms with Crippen LogP contribution in [0, 0.1) is 13.8 Å². The molecular weight excluding hydrogens is 378 g/mol. The summed E-state index contributed by atoms with van der Waals surface area (Å²) in [5.41, 5.74) is 12.7. The molecule has 2 aliphatic rings. The Balaban J connectivity index is 1.66. The van der Waals surface area contributed by atoms with Crippen molar-refractivity contribution in [2.75, 3.05) is 32.7 Å². The topological polar surface area (TPSA) is 77.2 Å². The monoisotopic (exact) mass is 407 g/mol. The summed E-state index contributed by atoms with van der Waals surface area (Å²) in [5.74, 6) is 0.748. The predicted octanol–water partition coefficient (Wildman–Crippen LogP) is 3.50. The van der Waals surface area contributed by atoms with Crippen molar-refractivity contribution in [2.24, 2.45) is 4.99 Å². The fourth-order valence-corrected chi connectivity index (χ4v) is 4.28. The van der Waals surface area contributed by atoms with E-state index in [1.165, 1.54) is 0 Å². The fraction of sp³-hybridized carbons (Fsp3) is 0.417. The highest BCUT2D eigenvalue weighted by Crippen LogP contribution is 2.35. The first-order valence-electron chi connectivity index (χ1n) is 10.4. The average Bonchev–Trinajstić information content (AvgIpc) is 2.75. The second-order valence-corrected chi connectivity index (χ2v) is 8.11. The molecule has 0 bridgehead atoms. The van der Waals surface area contributed by atoms with Crippen molar-refractivity contribution in [3.8, 4) is 5.75 Å². The average molecular weight is 408 g/mol. The van der Waals surface area contributed by atoms with Gasteiger partial charge in [0.1, 0.15) is 5.75 Å². The van der Waals surface area contributed by atoms with Gasteiger partial charge in [-0.05, 0) is 73.6 Å². The number of anilines is 1. The number of ether oxygens (including phenoxy) is 2. The number of nitrogens with two attached hydrogens (primary N) is 1. The molecule has 158 valence electrons. The quantitative estimate of drug-likeness (QED) is 0.622. The van der Waals surface area contributed by atoms with E-state index >= 15 is 0 Å². The van der Waals surface area contributed by atoms with Crippen molar-refractivity contribution in [1.29, 1.82) is 0 Å². The molecule has 1 saturated heterocycles. The molecule has 2 aromatic carbocycles. The van der Waals surface area contributed by atoms with E-state index in [1.54, 1.807) is 13.3 Å². The molecule has 1 atom stereocenters. The molecule has 2 aromatic rings. The zero-order valence-corrected chi connectivity index (χ0v) is 17.9. The molecule has 6 heteroatoms. The third-order valence-electron chi connectivity index (χ3n) is 6.18. The summed E-state index contributed by atoms with van der Waals surface area (Å²) in [6.45, 7) is 5.76. The second kappa shape index (κ2) is 8.48. The third kappa shape index (κ3) is 3.79. The summed E-state index contributed by atoms with van der Waals surface area (Å²) in [7, 11) is 1.73. The van der Waals surface area contributed by atoms with Gasteiger partial charge in [0.05, 0.1) is 18.2 Å². The number of rotatable bonds is 4. The Morgan fingerprint density at radius 1 is 1.27 bits per heavy atom. The largest absolute Gasteiger partial charge is 0.472 e. The van der Waals surface area contributed by atoms with Crippen LogP contribution in [0.2, 0.25) is 0 Å². The van der Waals surface area contributed by atoms with Crippen LogP contribution >= 0.6 is 0 Å². The van der Waals surface area contributed by atoms with Crippen LogP contribution in [0.3, 0.4) is 0 Å². The number of aliphatic imine (C=N–C) groups is 1. The van der Waals surface area contributed by atoms with Gasteiger partial charge in [0, 0.05) is 31.1 Å². The number of carbonyl (C=O) groups is 1. The summed E-state index contributed by atoms with van der Waals surface area (Å²) in [6.07, 6.45) is 4.41. The lowest BCUT2D eigenvalue weighted by Crippen LogP contribution is -2.49. The summed E-state index contributed by atoms with van der Waals surface area (Å²) in [5, 5.41) is 0. The molecule has 1 fully saturated rings. The third-order valence-corrected chi connectivity index (χ3v) is 6.18. The minimum atomic E-state index is 0.0345. The number of amides is 1. The number of hydrogen-bond acceptors (Lipinski definition) is 5. The summed E-state index contributed by atoms with van der Waals surface area (Å²) in [4.78, 5) is 19.2. The first kappa shape index (κ1) is 20.4. The minimum Gasteiger partial charge on any atom is -0.472 e. The Labute approximate surface area is 177 Å². The number of nitrogen functional groups attached to an aromatic ring is 1. The fourth-order valence-electron chi connectivity index (χ4n) is 4.28. The van der Waals surface area contributed by atoms with E-state index < -0.39 is 0 Å². The summed E-state index contributed by atoms with van der Waals surface area (Å²) < 4.78 is 11.6. The Bertz CT molecular complexity index is 994. The van der Waals surface area contributed by atoms with Crippen LogP contribution in [0.5, 0.6) is 5.75 Å². The van der Waals surface area contributed by atoms with Gasteiger partial charge in [-0.15, -0.1) is 0 Å². The van der Waals surface area contributed by atoms with Crippen LogP contribution in [-0.4, -0.2) is 50.1 Å². The van der Waals surface area contributed by atoms with Gasteiger partial charge in [0.2, 0.25) is 0 Å². The molecule has 30 heavy (non-hydrogen) atoms. The molecule has 6 nitrogen and oxygen atoms in total. The highest BCUT2D eigenvalue weighted by molar-refractivity contribution is 5.99. The highest BCUT2D eigenvalue weighted by Gasteiger charge is 2.34. The van der Waals surface area contributed by atoms with Gasteiger partial charge in [0.15, 0.2) is 6.73 Å². The van der Waals surface area contributed by atoms with Crippen molar-refractivity contribution in [1.82, 2.24) is 4.90 Å². The number of hydrogen-bond donors (Lipinski definition) is 1. The Morgan fingerprint density at radius 2 is 2.10 bits per heavy atom. The molecule has 0 radical (unpaired) electrons. The molecule has 1 unspecified atom stereocenters. The van der Waals surface area contributed by atoms with E-state index in [9.17, 15) is 4.79 Å². The number of benzene rings is 2. The normalized spacial score (nSPS) is 19.1. The molecule has 4 rings (SSSR count). The van der Waals surface area contributed by atoms with E-state index in [1.807, 2.05) is 30.0 Å².